The van der Waals surface area contributed by atoms with Gasteiger partial charge in [0.1, 0.15) is 11.4 Å². The predicted molar refractivity (Wildman–Crippen MR) is 101 cm³/mol. The van der Waals surface area contributed by atoms with Gasteiger partial charge in [-0.25, -0.2) is 14.5 Å². The second-order valence-electron chi connectivity index (χ2n) is 7.67. The molecule has 7 nitrogen and oxygen atoms in total. The van der Waals surface area contributed by atoms with Crippen molar-refractivity contribution in [2.75, 3.05) is 13.6 Å². The number of carbonyl (C=O) groups is 3. The van der Waals surface area contributed by atoms with Crippen molar-refractivity contribution in [3.63, 3.8) is 0 Å². The molecule has 0 spiro atoms. The molecule has 1 aliphatic carbocycles. The lowest BCUT2D eigenvalue weighted by molar-refractivity contribution is -0.130. The van der Waals surface area contributed by atoms with E-state index >= 15 is 0 Å². The molecular weight excluding hydrogens is 348 g/mol. The van der Waals surface area contributed by atoms with E-state index in [4.69, 9.17) is 9.47 Å². The zero-order valence-corrected chi connectivity index (χ0v) is 16.9. The Balaban J connectivity index is 2.29. The van der Waals surface area contributed by atoms with Crippen LogP contribution in [0.1, 0.15) is 58.2 Å². The van der Waals surface area contributed by atoms with E-state index in [-0.39, 0.29) is 5.91 Å². The van der Waals surface area contributed by atoms with E-state index in [1.165, 1.54) is 11.8 Å². The Morgan fingerprint density at radius 1 is 1.19 bits per heavy atom. The molecule has 0 aromatic heterocycles. The number of amides is 3. The minimum atomic E-state index is -0.700. The van der Waals surface area contributed by atoms with Gasteiger partial charge in [-0.05, 0) is 63.8 Å². The Kier molecular flexibility index (Phi) is 6.13. The van der Waals surface area contributed by atoms with E-state index in [0.29, 0.717) is 18.7 Å². The van der Waals surface area contributed by atoms with Gasteiger partial charge in [0, 0.05) is 20.5 Å². The fourth-order valence-electron chi connectivity index (χ4n) is 2.98. The highest BCUT2D eigenvalue weighted by atomic mass is 16.6. The van der Waals surface area contributed by atoms with Gasteiger partial charge in [-0.3, -0.25) is 4.79 Å². The smallest absolute Gasteiger partial charge is 0.417 e. The van der Waals surface area contributed by atoms with Crippen molar-refractivity contribution >= 4 is 18.1 Å². The topological polar surface area (TPSA) is 76.2 Å². The summed E-state index contributed by atoms with van der Waals surface area (Å²) >= 11 is 0. The molecule has 1 atom stereocenters. The summed E-state index contributed by atoms with van der Waals surface area (Å²) in [6, 6.07) is 4.90. The van der Waals surface area contributed by atoms with Crippen molar-refractivity contribution in [1.29, 1.82) is 0 Å². The van der Waals surface area contributed by atoms with Crippen LogP contribution in [0.25, 0.3) is 0 Å². The molecule has 0 N–H and O–H groups in total. The van der Waals surface area contributed by atoms with E-state index in [9.17, 15) is 14.4 Å². The molecule has 0 unspecified atom stereocenters. The summed E-state index contributed by atoms with van der Waals surface area (Å²) in [5.74, 6) is 0.00820. The number of nitrogens with zero attached hydrogens (tertiary/aromatic N) is 2. The van der Waals surface area contributed by atoms with Gasteiger partial charge in [-0.2, -0.15) is 0 Å². The summed E-state index contributed by atoms with van der Waals surface area (Å²) in [5.41, 5.74) is 1.13. The molecule has 148 valence electrons. The summed E-state index contributed by atoms with van der Waals surface area (Å²) in [5, 5.41) is 0. The number of ether oxygens (including phenoxy) is 2. The van der Waals surface area contributed by atoms with Gasteiger partial charge in [0.25, 0.3) is 0 Å². The number of carbonyl (C=O) groups excluding carboxylic acids is 3. The molecular formula is C20H28N2O5. The third-order valence-electron chi connectivity index (χ3n) is 4.40. The van der Waals surface area contributed by atoms with Crippen LogP contribution in [0.2, 0.25) is 0 Å². The second kappa shape index (κ2) is 7.98. The van der Waals surface area contributed by atoms with Crippen LogP contribution in [0.3, 0.4) is 0 Å². The van der Waals surface area contributed by atoms with Crippen molar-refractivity contribution < 1.29 is 23.9 Å². The first-order chi connectivity index (χ1) is 12.5. The molecule has 0 saturated heterocycles. The van der Waals surface area contributed by atoms with Crippen molar-refractivity contribution in [3.8, 4) is 5.75 Å². The first-order valence-corrected chi connectivity index (χ1v) is 9.12. The fraction of sp³-hybridized carbons (Fsp3) is 0.550. The van der Waals surface area contributed by atoms with Crippen LogP contribution in [0.5, 0.6) is 5.75 Å². The standard InChI is InChI=1S/C20H28N2O5/c1-7-21(6)18(24)26-15-10-8-14-9-11-17(16(14)12-15)22(13(2)23)19(25)27-20(3,4)5/h8,10,12,17H,7,9,11H2,1-6H3/t17-/m1/s1. The highest BCUT2D eigenvalue weighted by Crippen LogP contribution is 2.38. The maximum atomic E-state index is 12.6. The predicted octanol–water partition coefficient (Wildman–Crippen LogP) is 3.91. The normalized spacial score (nSPS) is 15.7. The lowest BCUT2D eigenvalue weighted by Crippen LogP contribution is -2.41. The summed E-state index contributed by atoms with van der Waals surface area (Å²) in [7, 11) is 1.65. The molecule has 0 bridgehead atoms. The maximum Gasteiger partial charge on any atom is 0.417 e. The zero-order valence-electron chi connectivity index (χ0n) is 16.9. The molecule has 0 aliphatic heterocycles. The van der Waals surface area contributed by atoms with Gasteiger partial charge >= 0.3 is 12.2 Å². The van der Waals surface area contributed by atoms with Crippen molar-refractivity contribution in [2.45, 2.75) is 59.1 Å². The summed E-state index contributed by atoms with van der Waals surface area (Å²) in [6.07, 6.45) is 0.222. The minimum Gasteiger partial charge on any atom is -0.443 e. The molecule has 1 aromatic rings. The summed E-state index contributed by atoms with van der Waals surface area (Å²) in [4.78, 5) is 39.4. The highest BCUT2D eigenvalue weighted by Gasteiger charge is 2.36. The van der Waals surface area contributed by atoms with E-state index in [0.717, 1.165) is 22.4 Å². The molecule has 2 rings (SSSR count). The van der Waals surface area contributed by atoms with Gasteiger partial charge in [0.15, 0.2) is 0 Å². The fourth-order valence-corrected chi connectivity index (χ4v) is 2.98. The zero-order chi connectivity index (χ0) is 20.4. The minimum absolute atomic E-state index is 0.379. The second-order valence-corrected chi connectivity index (χ2v) is 7.67. The lowest BCUT2D eigenvalue weighted by Gasteiger charge is -2.30. The lowest BCUT2D eigenvalue weighted by atomic mass is 10.1. The molecule has 1 aliphatic rings. The van der Waals surface area contributed by atoms with Gasteiger partial charge in [0.05, 0.1) is 6.04 Å². The number of imide groups is 1. The highest BCUT2D eigenvalue weighted by molar-refractivity contribution is 5.91. The van der Waals surface area contributed by atoms with E-state index in [1.54, 1.807) is 40.0 Å². The van der Waals surface area contributed by atoms with Gasteiger partial charge < -0.3 is 14.4 Å². The van der Waals surface area contributed by atoms with Crippen LogP contribution in [0.15, 0.2) is 18.2 Å². The van der Waals surface area contributed by atoms with Crippen LogP contribution in [-0.2, 0) is 16.0 Å². The molecule has 7 heteroatoms. The largest absolute Gasteiger partial charge is 0.443 e. The third kappa shape index (κ3) is 4.99. The van der Waals surface area contributed by atoms with Gasteiger partial charge in [-0.15, -0.1) is 0 Å². The average molecular weight is 376 g/mol. The monoisotopic (exact) mass is 376 g/mol. The van der Waals surface area contributed by atoms with Crippen LogP contribution < -0.4 is 4.74 Å². The number of rotatable bonds is 3. The van der Waals surface area contributed by atoms with Crippen LogP contribution in [-0.4, -0.2) is 47.1 Å². The molecule has 27 heavy (non-hydrogen) atoms. The van der Waals surface area contributed by atoms with Gasteiger partial charge in [0.2, 0.25) is 5.91 Å². The molecule has 3 amide bonds. The quantitative estimate of drug-likeness (QED) is 0.799. The van der Waals surface area contributed by atoms with Crippen molar-refractivity contribution in [2.24, 2.45) is 0 Å². The van der Waals surface area contributed by atoms with Crippen LogP contribution in [0, 0.1) is 0 Å². The van der Waals surface area contributed by atoms with Crippen LogP contribution in [0.4, 0.5) is 9.59 Å². The SMILES string of the molecule is CCN(C)C(=O)Oc1ccc2c(c1)[C@H](N(C(C)=O)C(=O)OC(C)(C)C)CC2. The molecule has 1 aromatic carbocycles. The van der Waals surface area contributed by atoms with Crippen molar-refractivity contribution in [1.82, 2.24) is 9.80 Å². The van der Waals surface area contributed by atoms with Crippen LogP contribution >= 0.6 is 0 Å². The molecule has 0 heterocycles. The first-order valence-electron chi connectivity index (χ1n) is 9.12. The Morgan fingerprint density at radius 3 is 2.41 bits per heavy atom. The van der Waals surface area contributed by atoms with E-state index in [2.05, 4.69) is 0 Å². The number of fused-ring (bicyclic) bond motifs is 1. The Hall–Kier alpha value is -2.57. The third-order valence-corrected chi connectivity index (χ3v) is 4.40. The molecule has 0 radical (unpaired) electrons. The van der Waals surface area contributed by atoms with E-state index in [1.807, 2.05) is 13.0 Å². The first kappa shape index (κ1) is 20.7. The average Bonchev–Trinajstić information content (AvgIpc) is 2.95. The molecule has 0 saturated carbocycles. The summed E-state index contributed by atoms with van der Waals surface area (Å²) < 4.78 is 10.8. The Morgan fingerprint density at radius 2 is 1.85 bits per heavy atom. The van der Waals surface area contributed by atoms with Gasteiger partial charge in [-0.1, -0.05) is 6.07 Å². The number of hydrogen-bond donors (Lipinski definition) is 0. The maximum absolute atomic E-state index is 12.6. The molecule has 0 fully saturated rings. The number of aryl methyl sites for hydroxylation is 1. The number of hydrogen-bond acceptors (Lipinski definition) is 5. The number of benzene rings is 1. The van der Waals surface area contributed by atoms with Crippen molar-refractivity contribution in [3.05, 3.63) is 29.3 Å². The van der Waals surface area contributed by atoms with E-state index < -0.39 is 23.8 Å². The summed E-state index contributed by atoms with van der Waals surface area (Å²) in [6.45, 7) is 9.01. The Bertz CT molecular complexity index is 738. The Labute approximate surface area is 160 Å².